The van der Waals surface area contributed by atoms with Crippen LogP contribution in [0.4, 0.5) is 4.39 Å². The van der Waals surface area contributed by atoms with Crippen LogP contribution in [0.25, 0.3) is 0 Å². The van der Waals surface area contributed by atoms with E-state index in [2.05, 4.69) is 15.9 Å². The predicted octanol–water partition coefficient (Wildman–Crippen LogP) is 5.59. The number of hydrogen-bond acceptors (Lipinski definition) is 2. The average molecular weight is 394 g/mol. The lowest BCUT2D eigenvalue weighted by molar-refractivity contribution is 0.392. The summed E-state index contributed by atoms with van der Waals surface area (Å²) in [6.07, 6.45) is 0. The van der Waals surface area contributed by atoms with Crippen molar-refractivity contribution in [3.8, 4) is 11.5 Å². The Balaban J connectivity index is 2.50. The molecule has 0 saturated heterocycles. The highest BCUT2D eigenvalue weighted by Crippen LogP contribution is 2.43. The summed E-state index contributed by atoms with van der Waals surface area (Å²) in [7, 11) is 3.03. The summed E-state index contributed by atoms with van der Waals surface area (Å²) in [5.41, 5.74) is 1.41. The van der Waals surface area contributed by atoms with Crippen LogP contribution in [-0.2, 0) is 0 Å². The molecule has 6 heteroatoms. The molecule has 0 bridgehead atoms. The standard InChI is InChI=1S/C15H12BrCl2FO2/c1-20-12-6-4-9(15(21-2)14(12)18)13(17)8-3-5-11(19)10(16)7-8/h3-7,13H,1-2H3. The zero-order valence-electron chi connectivity index (χ0n) is 11.3. The Bertz CT molecular complexity index is 664. The summed E-state index contributed by atoms with van der Waals surface area (Å²) < 4.78 is 24.2. The number of alkyl halides is 1. The third-order valence-corrected chi connectivity index (χ3v) is 4.48. The molecule has 2 rings (SSSR count). The van der Waals surface area contributed by atoms with Crippen LogP contribution in [0.5, 0.6) is 11.5 Å². The highest BCUT2D eigenvalue weighted by atomic mass is 79.9. The van der Waals surface area contributed by atoms with Gasteiger partial charge in [-0.25, -0.2) is 4.39 Å². The van der Waals surface area contributed by atoms with Gasteiger partial charge in [0.1, 0.15) is 22.3 Å². The van der Waals surface area contributed by atoms with Crippen LogP contribution in [-0.4, -0.2) is 14.2 Å². The predicted molar refractivity (Wildman–Crippen MR) is 86.4 cm³/mol. The van der Waals surface area contributed by atoms with Gasteiger partial charge in [-0.2, -0.15) is 0 Å². The normalized spacial score (nSPS) is 12.1. The van der Waals surface area contributed by atoms with Gasteiger partial charge in [0.05, 0.1) is 24.1 Å². The minimum atomic E-state index is -0.528. The van der Waals surface area contributed by atoms with Crippen molar-refractivity contribution in [2.75, 3.05) is 14.2 Å². The van der Waals surface area contributed by atoms with Gasteiger partial charge in [-0.1, -0.05) is 17.7 Å². The topological polar surface area (TPSA) is 18.5 Å². The largest absolute Gasteiger partial charge is 0.495 e. The number of benzene rings is 2. The highest BCUT2D eigenvalue weighted by Gasteiger charge is 2.21. The summed E-state index contributed by atoms with van der Waals surface area (Å²) in [5, 5.41) is -0.176. The molecular formula is C15H12BrCl2FO2. The average Bonchev–Trinajstić information content (AvgIpc) is 2.49. The lowest BCUT2D eigenvalue weighted by Crippen LogP contribution is -2.00. The highest BCUT2D eigenvalue weighted by molar-refractivity contribution is 9.10. The number of hydrogen-bond donors (Lipinski definition) is 0. The monoisotopic (exact) mass is 392 g/mol. The second-order valence-corrected chi connectivity index (χ2v) is 5.91. The van der Waals surface area contributed by atoms with Gasteiger partial charge in [-0.3, -0.25) is 0 Å². The molecule has 0 saturated carbocycles. The molecule has 1 unspecified atom stereocenters. The van der Waals surface area contributed by atoms with Crippen molar-refractivity contribution in [3.05, 3.63) is 56.8 Å². The maximum atomic E-state index is 13.3. The van der Waals surface area contributed by atoms with E-state index in [0.717, 1.165) is 5.56 Å². The number of ether oxygens (including phenoxy) is 2. The van der Waals surface area contributed by atoms with E-state index in [4.69, 9.17) is 32.7 Å². The van der Waals surface area contributed by atoms with E-state index < -0.39 is 5.38 Å². The Morgan fingerprint density at radius 3 is 2.43 bits per heavy atom. The summed E-state index contributed by atoms with van der Waals surface area (Å²) in [6.45, 7) is 0. The number of halogens is 4. The van der Waals surface area contributed by atoms with Crippen molar-refractivity contribution in [1.82, 2.24) is 0 Å². The molecule has 0 aliphatic heterocycles. The Morgan fingerprint density at radius 1 is 1.14 bits per heavy atom. The third kappa shape index (κ3) is 3.28. The Kier molecular flexibility index (Phi) is 5.36. The number of rotatable bonds is 4. The third-order valence-electron chi connectivity index (χ3n) is 3.03. The van der Waals surface area contributed by atoms with Crippen molar-refractivity contribution in [3.63, 3.8) is 0 Å². The van der Waals surface area contributed by atoms with Crippen molar-refractivity contribution in [2.45, 2.75) is 5.38 Å². The van der Waals surface area contributed by atoms with E-state index in [1.165, 1.54) is 20.3 Å². The van der Waals surface area contributed by atoms with Crippen LogP contribution in [0.1, 0.15) is 16.5 Å². The lowest BCUT2D eigenvalue weighted by Gasteiger charge is -2.17. The zero-order chi connectivity index (χ0) is 15.6. The van der Waals surface area contributed by atoms with Gasteiger partial charge in [-0.05, 0) is 45.8 Å². The van der Waals surface area contributed by atoms with Crippen LogP contribution in [0.15, 0.2) is 34.8 Å². The summed E-state index contributed by atoms with van der Waals surface area (Å²) in [4.78, 5) is 0. The molecule has 2 aromatic carbocycles. The first kappa shape index (κ1) is 16.4. The van der Waals surface area contributed by atoms with Gasteiger partial charge in [-0.15, -0.1) is 11.6 Å². The maximum Gasteiger partial charge on any atom is 0.146 e. The second-order valence-electron chi connectivity index (χ2n) is 4.24. The zero-order valence-corrected chi connectivity index (χ0v) is 14.4. The molecule has 21 heavy (non-hydrogen) atoms. The van der Waals surface area contributed by atoms with Gasteiger partial charge < -0.3 is 9.47 Å². The molecule has 0 N–H and O–H groups in total. The van der Waals surface area contributed by atoms with Gasteiger partial charge in [0.15, 0.2) is 0 Å². The fourth-order valence-electron chi connectivity index (χ4n) is 1.97. The molecule has 0 aliphatic rings. The molecule has 0 aromatic heterocycles. The molecule has 0 spiro atoms. The molecule has 2 nitrogen and oxygen atoms in total. The SMILES string of the molecule is COc1ccc(C(Cl)c2ccc(F)c(Br)c2)c(OC)c1Cl. The molecule has 0 amide bonds. The Morgan fingerprint density at radius 2 is 1.86 bits per heavy atom. The number of methoxy groups -OCH3 is 2. The first-order chi connectivity index (χ1) is 9.99. The van der Waals surface area contributed by atoms with Gasteiger partial charge >= 0.3 is 0 Å². The minimum absolute atomic E-state index is 0.345. The Hall–Kier alpha value is -0.970. The fraction of sp³-hybridized carbons (Fsp3) is 0.200. The van der Waals surface area contributed by atoms with Crippen molar-refractivity contribution >= 4 is 39.1 Å². The molecule has 2 aromatic rings. The van der Waals surface area contributed by atoms with Gasteiger partial charge in [0, 0.05) is 5.56 Å². The van der Waals surface area contributed by atoms with Crippen LogP contribution in [0.2, 0.25) is 5.02 Å². The van der Waals surface area contributed by atoms with Crippen molar-refractivity contribution in [2.24, 2.45) is 0 Å². The van der Waals surface area contributed by atoms with Gasteiger partial charge in [0.25, 0.3) is 0 Å². The molecule has 0 radical (unpaired) electrons. The molecule has 0 fully saturated rings. The van der Waals surface area contributed by atoms with E-state index >= 15 is 0 Å². The van der Waals surface area contributed by atoms with Crippen LogP contribution >= 0.6 is 39.1 Å². The fourth-order valence-corrected chi connectivity index (χ4v) is 3.00. The van der Waals surface area contributed by atoms with E-state index in [-0.39, 0.29) is 5.82 Å². The maximum absolute atomic E-state index is 13.3. The minimum Gasteiger partial charge on any atom is -0.495 e. The van der Waals surface area contributed by atoms with Crippen LogP contribution in [0, 0.1) is 5.82 Å². The summed E-state index contributed by atoms with van der Waals surface area (Å²) >= 11 is 15.9. The van der Waals surface area contributed by atoms with E-state index in [1.807, 2.05) is 0 Å². The van der Waals surface area contributed by atoms with E-state index in [9.17, 15) is 4.39 Å². The molecule has 0 aliphatic carbocycles. The van der Waals surface area contributed by atoms with Crippen molar-refractivity contribution < 1.29 is 13.9 Å². The lowest BCUT2D eigenvalue weighted by atomic mass is 10.0. The molecular weight excluding hydrogens is 382 g/mol. The van der Waals surface area contributed by atoms with E-state index in [1.54, 1.807) is 24.3 Å². The second kappa shape index (κ2) is 6.86. The van der Waals surface area contributed by atoms with Crippen molar-refractivity contribution in [1.29, 1.82) is 0 Å². The molecule has 0 heterocycles. The quantitative estimate of drug-likeness (QED) is 0.630. The smallest absolute Gasteiger partial charge is 0.146 e. The summed E-state index contributed by atoms with van der Waals surface area (Å²) in [5.74, 6) is 0.597. The molecule has 112 valence electrons. The van der Waals surface area contributed by atoms with E-state index in [0.29, 0.717) is 26.6 Å². The van der Waals surface area contributed by atoms with Gasteiger partial charge in [0.2, 0.25) is 0 Å². The van der Waals surface area contributed by atoms with Crippen LogP contribution < -0.4 is 9.47 Å². The first-order valence-corrected chi connectivity index (χ1v) is 7.59. The Labute approximate surface area is 140 Å². The van der Waals surface area contributed by atoms with Crippen LogP contribution in [0.3, 0.4) is 0 Å². The first-order valence-electron chi connectivity index (χ1n) is 5.99. The molecule has 1 atom stereocenters. The summed E-state index contributed by atoms with van der Waals surface area (Å²) in [6, 6.07) is 8.10.